The normalized spacial score (nSPS) is 18.6. The third-order valence-corrected chi connectivity index (χ3v) is 2.40. The number of nitrogens with one attached hydrogen (secondary N) is 1. The van der Waals surface area contributed by atoms with Gasteiger partial charge >= 0.3 is 0 Å². The Morgan fingerprint density at radius 1 is 1.50 bits per heavy atom. The van der Waals surface area contributed by atoms with Crippen molar-refractivity contribution >= 4 is 5.78 Å². The molecule has 2 nitrogen and oxygen atoms in total. The van der Waals surface area contributed by atoms with Crippen LogP contribution in [-0.4, -0.2) is 18.9 Å². The number of ketones is 1. The van der Waals surface area contributed by atoms with Crippen LogP contribution in [0.1, 0.15) is 25.7 Å². The zero-order valence-corrected chi connectivity index (χ0v) is 7.31. The molecule has 1 N–H and O–H groups in total. The maximum absolute atomic E-state index is 10.8. The minimum atomic E-state index is -0.0477. The zero-order valence-electron chi connectivity index (χ0n) is 7.31. The van der Waals surface area contributed by atoms with E-state index >= 15 is 0 Å². The van der Waals surface area contributed by atoms with Gasteiger partial charge in [0, 0.05) is 6.42 Å². The van der Waals surface area contributed by atoms with E-state index in [1.165, 1.54) is 12.8 Å². The Bertz CT molecular complexity index is 187. The monoisotopic (exact) mass is 165 g/mol. The summed E-state index contributed by atoms with van der Waals surface area (Å²) in [6.07, 6.45) is 8.91. The van der Waals surface area contributed by atoms with Gasteiger partial charge < -0.3 is 5.32 Å². The molecule has 66 valence electrons. The van der Waals surface area contributed by atoms with Crippen molar-refractivity contribution in [3.8, 4) is 12.3 Å². The molecular weight excluding hydrogens is 150 g/mol. The molecule has 1 heterocycles. The van der Waals surface area contributed by atoms with E-state index in [1.807, 2.05) is 0 Å². The van der Waals surface area contributed by atoms with Gasteiger partial charge in [-0.1, -0.05) is 0 Å². The van der Waals surface area contributed by atoms with Crippen LogP contribution in [0.5, 0.6) is 0 Å². The van der Waals surface area contributed by atoms with Gasteiger partial charge in [-0.2, -0.15) is 0 Å². The quantitative estimate of drug-likeness (QED) is 0.498. The van der Waals surface area contributed by atoms with Crippen molar-refractivity contribution in [1.29, 1.82) is 0 Å². The zero-order chi connectivity index (χ0) is 8.81. The Balaban J connectivity index is 2.14. The topological polar surface area (TPSA) is 29.1 Å². The van der Waals surface area contributed by atoms with Crippen LogP contribution < -0.4 is 5.32 Å². The van der Waals surface area contributed by atoms with Gasteiger partial charge in [0.15, 0.2) is 0 Å². The van der Waals surface area contributed by atoms with Crippen molar-refractivity contribution in [3.05, 3.63) is 0 Å². The van der Waals surface area contributed by atoms with Crippen molar-refractivity contribution in [2.45, 2.75) is 25.7 Å². The fraction of sp³-hybridized carbons (Fsp3) is 0.700. The van der Waals surface area contributed by atoms with Crippen LogP contribution in [-0.2, 0) is 4.79 Å². The molecule has 1 fully saturated rings. The molecule has 1 saturated heterocycles. The molecule has 2 heteroatoms. The molecule has 0 aromatic carbocycles. The SMILES string of the molecule is C#CC(=O)CCC1CCNCC1. The van der Waals surface area contributed by atoms with Crippen LogP contribution in [0.3, 0.4) is 0 Å². The van der Waals surface area contributed by atoms with Crippen molar-refractivity contribution in [1.82, 2.24) is 5.32 Å². The van der Waals surface area contributed by atoms with E-state index in [2.05, 4.69) is 11.2 Å². The predicted molar refractivity (Wildman–Crippen MR) is 48.7 cm³/mol. The van der Waals surface area contributed by atoms with Crippen molar-refractivity contribution in [3.63, 3.8) is 0 Å². The number of rotatable bonds is 3. The first kappa shape index (κ1) is 9.28. The van der Waals surface area contributed by atoms with E-state index in [9.17, 15) is 4.79 Å². The lowest BCUT2D eigenvalue weighted by Gasteiger charge is -2.21. The lowest BCUT2D eigenvalue weighted by molar-refractivity contribution is -0.114. The average Bonchev–Trinajstić information content (AvgIpc) is 2.16. The summed E-state index contributed by atoms with van der Waals surface area (Å²) in [6, 6.07) is 0. The molecule has 0 aromatic heterocycles. The third-order valence-electron chi connectivity index (χ3n) is 2.40. The maximum Gasteiger partial charge on any atom is 0.205 e. The van der Waals surface area contributed by atoms with E-state index < -0.39 is 0 Å². The molecule has 1 aliphatic rings. The highest BCUT2D eigenvalue weighted by atomic mass is 16.1. The van der Waals surface area contributed by atoms with Crippen molar-refractivity contribution in [2.24, 2.45) is 5.92 Å². The summed E-state index contributed by atoms with van der Waals surface area (Å²) in [4.78, 5) is 10.8. The molecule has 12 heavy (non-hydrogen) atoms. The molecule has 1 rings (SSSR count). The number of Topliss-reactive ketones (excluding diaryl/α,β-unsaturated/α-hetero) is 1. The highest BCUT2D eigenvalue weighted by molar-refractivity contribution is 5.94. The van der Waals surface area contributed by atoms with Gasteiger partial charge in [-0.25, -0.2) is 0 Å². The van der Waals surface area contributed by atoms with E-state index in [1.54, 1.807) is 0 Å². The minimum absolute atomic E-state index is 0.0477. The molecule has 0 aromatic rings. The minimum Gasteiger partial charge on any atom is -0.317 e. The lowest BCUT2D eigenvalue weighted by Crippen LogP contribution is -2.27. The van der Waals surface area contributed by atoms with Crippen molar-refractivity contribution in [2.75, 3.05) is 13.1 Å². The molecule has 0 atom stereocenters. The molecule has 0 radical (unpaired) electrons. The molecule has 1 aliphatic heterocycles. The van der Waals surface area contributed by atoms with Gasteiger partial charge in [0.05, 0.1) is 0 Å². The van der Waals surface area contributed by atoms with Crippen LogP contribution in [0.15, 0.2) is 0 Å². The third kappa shape index (κ3) is 3.06. The standard InChI is InChI=1S/C10H15NO/c1-2-10(12)4-3-9-5-7-11-8-6-9/h1,9,11H,3-8H2. The van der Waals surface area contributed by atoms with Crippen molar-refractivity contribution < 1.29 is 4.79 Å². The van der Waals surface area contributed by atoms with Gasteiger partial charge in [-0.15, -0.1) is 6.42 Å². The second-order valence-corrected chi connectivity index (χ2v) is 3.30. The fourth-order valence-corrected chi connectivity index (χ4v) is 1.58. The summed E-state index contributed by atoms with van der Waals surface area (Å²) in [6.45, 7) is 2.18. The predicted octanol–water partition coefficient (Wildman–Crippen LogP) is 0.969. The highest BCUT2D eigenvalue weighted by Crippen LogP contribution is 2.17. The number of carbonyl (C=O) groups is 1. The molecule has 0 saturated carbocycles. The van der Waals surface area contributed by atoms with Gasteiger partial charge in [-0.3, -0.25) is 4.79 Å². The Hall–Kier alpha value is -0.810. The smallest absolute Gasteiger partial charge is 0.205 e. The van der Waals surface area contributed by atoms with Crippen LogP contribution in [0, 0.1) is 18.3 Å². The lowest BCUT2D eigenvalue weighted by atomic mass is 9.92. The summed E-state index contributed by atoms with van der Waals surface area (Å²) in [5.41, 5.74) is 0. The first-order valence-corrected chi connectivity index (χ1v) is 4.53. The Morgan fingerprint density at radius 3 is 2.75 bits per heavy atom. The molecule has 0 unspecified atom stereocenters. The first-order valence-electron chi connectivity index (χ1n) is 4.53. The largest absolute Gasteiger partial charge is 0.317 e. The Morgan fingerprint density at radius 2 is 2.17 bits per heavy atom. The van der Waals surface area contributed by atoms with Gasteiger partial charge in [0.1, 0.15) is 0 Å². The average molecular weight is 165 g/mol. The molecule has 0 bridgehead atoms. The van der Waals surface area contributed by atoms with E-state index in [-0.39, 0.29) is 5.78 Å². The van der Waals surface area contributed by atoms with E-state index in [0.29, 0.717) is 12.3 Å². The molecule has 0 spiro atoms. The number of carbonyl (C=O) groups excluding carboxylic acids is 1. The van der Waals surface area contributed by atoms with Gasteiger partial charge in [0.2, 0.25) is 5.78 Å². The summed E-state index contributed by atoms with van der Waals surface area (Å²) in [7, 11) is 0. The van der Waals surface area contributed by atoms with Gasteiger partial charge in [-0.05, 0) is 44.2 Å². The van der Waals surface area contributed by atoms with Crippen LogP contribution in [0.4, 0.5) is 0 Å². The molecule has 0 aliphatic carbocycles. The summed E-state index contributed by atoms with van der Waals surface area (Å²) in [5, 5.41) is 3.29. The summed E-state index contributed by atoms with van der Waals surface area (Å²) in [5.74, 6) is 2.81. The van der Waals surface area contributed by atoms with E-state index in [0.717, 1.165) is 19.5 Å². The fourth-order valence-electron chi connectivity index (χ4n) is 1.58. The van der Waals surface area contributed by atoms with Gasteiger partial charge in [0.25, 0.3) is 0 Å². The number of piperidine rings is 1. The number of hydrogen-bond donors (Lipinski definition) is 1. The molecule has 0 amide bonds. The van der Waals surface area contributed by atoms with E-state index in [4.69, 9.17) is 6.42 Å². The van der Waals surface area contributed by atoms with Crippen LogP contribution >= 0.6 is 0 Å². The first-order chi connectivity index (χ1) is 5.83. The number of hydrogen-bond acceptors (Lipinski definition) is 2. The second kappa shape index (κ2) is 4.95. The van der Waals surface area contributed by atoms with Crippen LogP contribution in [0.2, 0.25) is 0 Å². The molecular formula is C10H15NO. The highest BCUT2D eigenvalue weighted by Gasteiger charge is 2.13. The van der Waals surface area contributed by atoms with Crippen LogP contribution in [0.25, 0.3) is 0 Å². The number of terminal acetylenes is 1. The summed E-state index contributed by atoms with van der Waals surface area (Å²) < 4.78 is 0. The Kier molecular flexibility index (Phi) is 3.83. The summed E-state index contributed by atoms with van der Waals surface area (Å²) >= 11 is 0. The Labute approximate surface area is 73.7 Å². The maximum atomic E-state index is 10.8. The second-order valence-electron chi connectivity index (χ2n) is 3.30.